The summed E-state index contributed by atoms with van der Waals surface area (Å²) in [4.78, 5) is 25.6. The Hall–Kier alpha value is -3.71. The monoisotopic (exact) mass is 505 g/mol. The van der Waals surface area contributed by atoms with E-state index in [1.165, 1.54) is 12.1 Å². The Kier molecular flexibility index (Phi) is 6.86. The maximum Gasteiger partial charge on any atom is 0.338 e. The van der Waals surface area contributed by atoms with Crippen LogP contribution in [0.1, 0.15) is 67.6 Å². The van der Waals surface area contributed by atoms with Crippen molar-refractivity contribution < 1.29 is 28.9 Å². The average Bonchev–Trinajstić information content (AvgIpc) is 3.20. The molecule has 3 aromatic rings. The summed E-state index contributed by atoms with van der Waals surface area (Å²) in [5.41, 5.74) is -0.723. The molecule has 0 bridgehead atoms. The zero-order valence-corrected chi connectivity index (χ0v) is 21.5. The number of benzene rings is 3. The summed E-state index contributed by atoms with van der Waals surface area (Å²) in [7, 11) is 0. The number of anilines is 1. The summed E-state index contributed by atoms with van der Waals surface area (Å²) >= 11 is 0. The molecule has 0 spiro atoms. The van der Waals surface area contributed by atoms with Gasteiger partial charge in [-0.1, -0.05) is 58.0 Å². The van der Waals surface area contributed by atoms with Crippen molar-refractivity contribution in [2.75, 3.05) is 5.32 Å². The smallest absolute Gasteiger partial charge is 0.338 e. The third-order valence-electron chi connectivity index (χ3n) is 7.08. The fourth-order valence-electron chi connectivity index (χ4n) is 5.28. The van der Waals surface area contributed by atoms with E-state index < -0.39 is 34.1 Å². The minimum atomic E-state index is -1.91. The van der Waals surface area contributed by atoms with Crippen LogP contribution in [0.2, 0.25) is 0 Å². The molecule has 0 saturated carbocycles. The van der Waals surface area contributed by atoms with Crippen LogP contribution in [0.25, 0.3) is 0 Å². The highest BCUT2D eigenvalue weighted by molar-refractivity contribution is 5.99. The summed E-state index contributed by atoms with van der Waals surface area (Å²) < 4.78 is 19.1. The number of amides is 1. The van der Waals surface area contributed by atoms with Gasteiger partial charge in [-0.25, -0.2) is 9.18 Å². The number of phenolic OH excluding ortho intramolecular Hbond substituents is 1. The lowest BCUT2D eigenvalue weighted by Crippen LogP contribution is -2.50. The Morgan fingerprint density at radius 3 is 2.35 bits per heavy atom. The first-order valence-corrected chi connectivity index (χ1v) is 12.2. The van der Waals surface area contributed by atoms with Crippen molar-refractivity contribution in [3.63, 3.8) is 0 Å². The molecule has 0 radical (unpaired) electrons. The molecule has 1 aliphatic heterocycles. The van der Waals surface area contributed by atoms with Gasteiger partial charge in [0, 0.05) is 16.8 Å². The molecule has 194 valence electrons. The first kappa shape index (κ1) is 26.4. The van der Waals surface area contributed by atoms with Crippen LogP contribution in [0.5, 0.6) is 5.75 Å². The molecule has 0 saturated heterocycles. The Balaban J connectivity index is 1.70. The van der Waals surface area contributed by atoms with Crippen LogP contribution >= 0.6 is 0 Å². The quantitative estimate of drug-likeness (QED) is 0.346. The van der Waals surface area contributed by atoms with Gasteiger partial charge in [-0.3, -0.25) is 4.79 Å². The Bertz CT molecular complexity index is 1340. The number of hydrogen-bond donors (Lipinski definition) is 3. The van der Waals surface area contributed by atoms with Crippen LogP contribution in [0.3, 0.4) is 0 Å². The van der Waals surface area contributed by atoms with E-state index in [0.29, 0.717) is 22.4 Å². The average molecular weight is 506 g/mol. The fraction of sp³-hybridized carbons (Fsp3) is 0.333. The first-order chi connectivity index (χ1) is 17.3. The molecule has 3 N–H and O–H groups in total. The minimum Gasteiger partial charge on any atom is -0.508 e. The molecular formula is C30H32FNO5. The van der Waals surface area contributed by atoms with E-state index >= 15 is 0 Å². The molecule has 1 amide bonds. The van der Waals surface area contributed by atoms with Crippen LogP contribution in [0.4, 0.5) is 10.1 Å². The second kappa shape index (κ2) is 9.63. The third kappa shape index (κ3) is 5.52. The van der Waals surface area contributed by atoms with Crippen molar-refractivity contribution in [2.45, 2.75) is 63.6 Å². The van der Waals surface area contributed by atoms with Crippen molar-refractivity contribution in [3.8, 4) is 5.75 Å². The van der Waals surface area contributed by atoms with Crippen LogP contribution in [-0.4, -0.2) is 27.7 Å². The number of rotatable bonds is 8. The molecule has 0 fully saturated rings. The zero-order valence-electron chi connectivity index (χ0n) is 21.5. The van der Waals surface area contributed by atoms with Gasteiger partial charge in [0.25, 0.3) is 5.91 Å². The van der Waals surface area contributed by atoms with E-state index in [1.54, 1.807) is 32.0 Å². The number of ether oxygens (including phenoxy) is 1. The lowest BCUT2D eigenvalue weighted by atomic mass is 9.67. The van der Waals surface area contributed by atoms with Crippen molar-refractivity contribution in [2.24, 2.45) is 0 Å². The summed E-state index contributed by atoms with van der Waals surface area (Å²) in [6, 6.07) is 18.1. The van der Waals surface area contributed by atoms with Gasteiger partial charge in [-0.15, -0.1) is 0 Å². The van der Waals surface area contributed by atoms with E-state index in [9.17, 15) is 24.2 Å². The number of fused-ring (bicyclic) bond motifs is 1. The number of carbonyl (C=O) groups is 2. The predicted octanol–water partition coefficient (Wildman–Crippen LogP) is 5.61. The third-order valence-corrected chi connectivity index (χ3v) is 7.08. The van der Waals surface area contributed by atoms with Gasteiger partial charge in [0.05, 0.1) is 5.56 Å². The lowest BCUT2D eigenvalue weighted by Gasteiger charge is -2.40. The van der Waals surface area contributed by atoms with Gasteiger partial charge in [0.1, 0.15) is 23.8 Å². The fourth-order valence-corrected chi connectivity index (χ4v) is 5.28. The highest BCUT2D eigenvalue weighted by Gasteiger charge is 2.46. The first-order valence-electron chi connectivity index (χ1n) is 12.2. The highest BCUT2D eigenvalue weighted by Crippen LogP contribution is 2.43. The number of cyclic esters (lactones) is 1. The summed E-state index contributed by atoms with van der Waals surface area (Å²) in [5.74, 6) is -1.68. The SMILES string of the molecule is CC(C)(CC(O)(CC(C)(C)c1cc(F)ccc1O)C(=O)Nc1ccc2c(c1)COC2=O)c1ccccc1. The molecule has 1 aliphatic rings. The maximum absolute atomic E-state index is 14.1. The van der Waals surface area contributed by atoms with E-state index in [2.05, 4.69) is 5.32 Å². The van der Waals surface area contributed by atoms with E-state index in [-0.39, 0.29) is 25.2 Å². The van der Waals surface area contributed by atoms with Crippen molar-refractivity contribution in [1.82, 2.24) is 0 Å². The molecule has 3 aromatic carbocycles. The normalized spacial score (nSPS) is 15.0. The number of carbonyl (C=O) groups excluding carboxylic acids is 2. The molecule has 0 aromatic heterocycles. The number of aromatic hydroxyl groups is 1. The molecule has 7 heteroatoms. The van der Waals surface area contributed by atoms with E-state index in [4.69, 9.17) is 4.74 Å². The highest BCUT2D eigenvalue weighted by atomic mass is 19.1. The van der Waals surface area contributed by atoms with Crippen LogP contribution in [0.15, 0.2) is 66.7 Å². The number of phenols is 1. The molecule has 0 aliphatic carbocycles. The number of halogens is 1. The van der Waals surface area contributed by atoms with Crippen molar-refractivity contribution in [1.29, 1.82) is 0 Å². The van der Waals surface area contributed by atoms with Crippen LogP contribution in [0, 0.1) is 5.82 Å². The number of hydrogen-bond acceptors (Lipinski definition) is 5. The standard InChI is InChI=1S/C30H32FNO5/c1-28(2,20-8-6-5-7-9-20)17-30(36,18-29(3,4)24-15-21(31)10-13-25(24)33)27(35)32-22-11-12-23-19(14-22)16-37-26(23)34/h5-15,33,36H,16-18H2,1-4H3,(H,32,35). The van der Waals surface area contributed by atoms with Gasteiger partial charge >= 0.3 is 5.97 Å². The molecule has 1 atom stereocenters. The predicted molar refractivity (Wildman–Crippen MR) is 139 cm³/mol. The molecule has 4 rings (SSSR count). The Labute approximate surface area is 216 Å². The molecule has 1 heterocycles. The second-order valence-corrected chi connectivity index (χ2v) is 11.1. The minimum absolute atomic E-state index is 0.0574. The zero-order chi connectivity index (χ0) is 27.0. The summed E-state index contributed by atoms with van der Waals surface area (Å²) in [6.07, 6.45) is -0.0342. The molecule has 37 heavy (non-hydrogen) atoms. The molecule has 6 nitrogen and oxygen atoms in total. The van der Waals surface area contributed by atoms with E-state index in [1.807, 2.05) is 44.2 Å². The largest absolute Gasteiger partial charge is 0.508 e. The van der Waals surface area contributed by atoms with Crippen molar-refractivity contribution in [3.05, 3.63) is 94.8 Å². The lowest BCUT2D eigenvalue weighted by molar-refractivity contribution is -0.138. The maximum atomic E-state index is 14.1. The van der Waals surface area contributed by atoms with Crippen LogP contribution < -0.4 is 5.32 Å². The van der Waals surface area contributed by atoms with Crippen molar-refractivity contribution >= 4 is 17.6 Å². The topological polar surface area (TPSA) is 95.9 Å². The second-order valence-electron chi connectivity index (χ2n) is 11.1. The number of esters is 1. The van der Waals surface area contributed by atoms with E-state index in [0.717, 1.165) is 11.6 Å². The van der Waals surface area contributed by atoms with Gasteiger partial charge in [0.2, 0.25) is 0 Å². The summed E-state index contributed by atoms with van der Waals surface area (Å²) in [5, 5.41) is 25.3. The van der Waals surface area contributed by atoms with Gasteiger partial charge < -0.3 is 20.3 Å². The van der Waals surface area contributed by atoms with Gasteiger partial charge in [0.15, 0.2) is 0 Å². The van der Waals surface area contributed by atoms with Gasteiger partial charge in [-0.05, 0) is 65.6 Å². The molecule has 1 unspecified atom stereocenters. The molecular weight excluding hydrogens is 473 g/mol. The summed E-state index contributed by atoms with van der Waals surface area (Å²) in [6.45, 7) is 7.54. The number of aliphatic hydroxyl groups is 1. The van der Waals surface area contributed by atoms with Gasteiger partial charge in [-0.2, -0.15) is 0 Å². The number of nitrogens with one attached hydrogen (secondary N) is 1. The Morgan fingerprint density at radius 2 is 1.65 bits per heavy atom. The Morgan fingerprint density at radius 1 is 0.973 bits per heavy atom. The van der Waals surface area contributed by atoms with Crippen LogP contribution in [-0.2, 0) is 27.0 Å².